The molecule has 1 aliphatic rings. The number of carbonyl (C=O) groups is 5. The second kappa shape index (κ2) is 18.8. The van der Waals surface area contributed by atoms with Crippen molar-refractivity contribution in [2.75, 3.05) is 73.1 Å². The zero-order valence-electron chi connectivity index (χ0n) is 23.1. The summed E-state index contributed by atoms with van der Waals surface area (Å²) in [6.07, 6.45) is 1.41. The van der Waals surface area contributed by atoms with Gasteiger partial charge in [0.15, 0.2) is 6.61 Å². The maximum absolute atomic E-state index is 13.0. The summed E-state index contributed by atoms with van der Waals surface area (Å²) < 4.78 is 27.0. The van der Waals surface area contributed by atoms with Crippen molar-refractivity contribution in [2.45, 2.75) is 32.2 Å². The molecule has 0 radical (unpaired) electrons. The Morgan fingerprint density at radius 3 is 2.12 bits per heavy atom. The number of aldehydes is 1. The Morgan fingerprint density at radius 1 is 0.900 bits per heavy atom. The molecule has 2 N–H and O–H groups in total. The van der Waals surface area contributed by atoms with Gasteiger partial charge >= 0.3 is 0 Å². The van der Waals surface area contributed by atoms with E-state index in [1.54, 1.807) is 0 Å². The smallest absolute Gasteiger partial charge is 0.265 e. The van der Waals surface area contributed by atoms with Crippen LogP contribution in [0.4, 0.5) is 0 Å². The van der Waals surface area contributed by atoms with Gasteiger partial charge in [0.25, 0.3) is 17.7 Å². The van der Waals surface area contributed by atoms with Crippen molar-refractivity contribution in [3.63, 3.8) is 0 Å². The van der Waals surface area contributed by atoms with Crippen LogP contribution in [0.5, 0.6) is 5.75 Å². The van der Waals surface area contributed by atoms with Crippen LogP contribution < -0.4 is 15.4 Å². The van der Waals surface area contributed by atoms with E-state index in [0.717, 1.165) is 17.9 Å². The van der Waals surface area contributed by atoms with Crippen LogP contribution in [0, 0.1) is 0 Å². The van der Waals surface area contributed by atoms with Crippen LogP contribution in [0.15, 0.2) is 18.2 Å². The third-order valence-corrected chi connectivity index (χ3v) is 5.73. The third-order valence-electron chi connectivity index (χ3n) is 5.73. The highest BCUT2D eigenvalue weighted by atomic mass is 16.6. The Morgan fingerprint density at radius 2 is 1.52 bits per heavy atom. The first kappa shape index (κ1) is 32.8. The summed E-state index contributed by atoms with van der Waals surface area (Å²) in [6.45, 7) is 5.69. The molecule has 0 spiro atoms. The number of nitrogens with zero attached hydrogens (tertiary/aromatic N) is 1. The topological polar surface area (TPSA) is 159 Å². The van der Waals surface area contributed by atoms with Crippen molar-refractivity contribution in [1.82, 2.24) is 15.5 Å². The molecule has 1 unspecified atom stereocenters. The predicted molar refractivity (Wildman–Crippen MR) is 142 cm³/mol. The Labute approximate surface area is 233 Å². The lowest BCUT2D eigenvalue weighted by Crippen LogP contribution is -2.41. The summed E-state index contributed by atoms with van der Waals surface area (Å²) in [5.74, 6) is -2.08. The Hall–Kier alpha value is -3.39. The number of rotatable bonds is 22. The van der Waals surface area contributed by atoms with E-state index in [4.69, 9.17) is 23.7 Å². The standard InChI is InChI=1S/C27H39N3O10/c1-3-10-36-12-14-38-16-17-39-15-13-37-11-9-29-24(33)19-40-22-6-4-5-21-25(22)27(35)30(26(21)34)20(18-31)7-8-23(32)28-2/h4-6,18,20H,3,7-17,19H2,1-2H3,(H,28,32)(H,29,33). The highest BCUT2D eigenvalue weighted by Gasteiger charge is 2.42. The van der Waals surface area contributed by atoms with Gasteiger partial charge < -0.3 is 39.1 Å². The molecular formula is C27H39N3O10. The molecule has 13 nitrogen and oxygen atoms in total. The average Bonchev–Trinajstić information content (AvgIpc) is 3.22. The van der Waals surface area contributed by atoms with Gasteiger partial charge in [0.05, 0.1) is 63.4 Å². The SMILES string of the molecule is CCCOCCOCCOCCOCCNC(=O)COc1cccc2c1C(=O)N(C(C=O)CCC(=O)NC)C2=O. The molecule has 0 aliphatic carbocycles. The second-order valence-corrected chi connectivity index (χ2v) is 8.66. The predicted octanol–water partition coefficient (Wildman–Crippen LogP) is 0.348. The first-order valence-corrected chi connectivity index (χ1v) is 13.3. The van der Waals surface area contributed by atoms with E-state index >= 15 is 0 Å². The molecule has 0 fully saturated rings. The Bertz CT molecular complexity index is 987. The van der Waals surface area contributed by atoms with Crippen molar-refractivity contribution in [3.8, 4) is 5.75 Å². The van der Waals surface area contributed by atoms with Crippen LogP contribution in [-0.2, 0) is 33.3 Å². The number of hydrogen-bond acceptors (Lipinski definition) is 10. The number of amides is 4. The van der Waals surface area contributed by atoms with Gasteiger partial charge in [-0.25, -0.2) is 0 Å². The van der Waals surface area contributed by atoms with Crippen LogP contribution in [0.3, 0.4) is 0 Å². The fourth-order valence-electron chi connectivity index (χ4n) is 3.72. The molecule has 1 atom stereocenters. The first-order valence-electron chi connectivity index (χ1n) is 13.3. The van der Waals surface area contributed by atoms with Gasteiger partial charge in [-0.15, -0.1) is 0 Å². The van der Waals surface area contributed by atoms with E-state index in [1.807, 2.05) is 6.92 Å². The molecule has 1 heterocycles. The number of ether oxygens (including phenoxy) is 5. The van der Waals surface area contributed by atoms with Crippen LogP contribution in [0.1, 0.15) is 46.9 Å². The monoisotopic (exact) mass is 565 g/mol. The third kappa shape index (κ3) is 10.6. The lowest BCUT2D eigenvalue weighted by Gasteiger charge is -2.21. The van der Waals surface area contributed by atoms with E-state index < -0.39 is 30.4 Å². The number of fused-ring (bicyclic) bond motifs is 1. The van der Waals surface area contributed by atoms with Crippen molar-refractivity contribution >= 4 is 29.9 Å². The summed E-state index contributed by atoms with van der Waals surface area (Å²) in [4.78, 5) is 62.1. The molecule has 0 saturated heterocycles. The summed E-state index contributed by atoms with van der Waals surface area (Å²) in [7, 11) is 1.45. The quantitative estimate of drug-likeness (QED) is 0.114. The molecule has 1 aliphatic heterocycles. The summed E-state index contributed by atoms with van der Waals surface area (Å²) >= 11 is 0. The summed E-state index contributed by atoms with van der Waals surface area (Å²) in [5, 5.41) is 5.07. The van der Waals surface area contributed by atoms with Crippen molar-refractivity contribution in [2.24, 2.45) is 0 Å². The molecule has 0 bridgehead atoms. The zero-order valence-corrected chi connectivity index (χ0v) is 23.1. The minimum absolute atomic E-state index is 0.00905. The molecule has 40 heavy (non-hydrogen) atoms. The molecule has 222 valence electrons. The lowest BCUT2D eigenvalue weighted by molar-refractivity contribution is -0.123. The maximum Gasteiger partial charge on any atom is 0.265 e. The second-order valence-electron chi connectivity index (χ2n) is 8.66. The number of carbonyl (C=O) groups excluding carboxylic acids is 5. The highest BCUT2D eigenvalue weighted by molar-refractivity contribution is 6.23. The Balaban J connectivity index is 1.67. The van der Waals surface area contributed by atoms with E-state index in [2.05, 4.69) is 10.6 Å². The average molecular weight is 566 g/mol. The number of hydrogen-bond donors (Lipinski definition) is 2. The van der Waals surface area contributed by atoms with E-state index in [1.165, 1.54) is 25.2 Å². The van der Waals surface area contributed by atoms with Gasteiger partial charge in [0.2, 0.25) is 5.91 Å². The molecule has 1 aromatic carbocycles. The van der Waals surface area contributed by atoms with Gasteiger partial charge in [0, 0.05) is 26.6 Å². The molecule has 4 amide bonds. The van der Waals surface area contributed by atoms with Gasteiger partial charge in [-0.1, -0.05) is 13.0 Å². The minimum Gasteiger partial charge on any atom is -0.483 e. The van der Waals surface area contributed by atoms with Gasteiger partial charge in [-0.2, -0.15) is 0 Å². The fourth-order valence-corrected chi connectivity index (χ4v) is 3.72. The highest BCUT2D eigenvalue weighted by Crippen LogP contribution is 2.32. The minimum atomic E-state index is -1.10. The number of imide groups is 1. The normalized spacial score (nSPS) is 13.2. The molecule has 2 rings (SSSR count). The number of nitrogens with one attached hydrogen (secondary N) is 2. The number of benzene rings is 1. The summed E-state index contributed by atoms with van der Waals surface area (Å²) in [6, 6.07) is 3.33. The lowest BCUT2D eigenvalue weighted by atomic mass is 10.1. The maximum atomic E-state index is 13.0. The first-order chi connectivity index (χ1) is 19.4. The van der Waals surface area contributed by atoms with E-state index in [9.17, 15) is 24.0 Å². The van der Waals surface area contributed by atoms with Gasteiger partial charge in [-0.3, -0.25) is 24.1 Å². The van der Waals surface area contributed by atoms with Crippen LogP contribution in [0.2, 0.25) is 0 Å². The van der Waals surface area contributed by atoms with Gasteiger partial charge in [-0.05, 0) is 25.0 Å². The van der Waals surface area contributed by atoms with Crippen LogP contribution in [0.25, 0.3) is 0 Å². The molecular weight excluding hydrogens is 526 g/mol. The van der Waals surface area contributed by atoms with Crippen molar-refractivity contribution in [3.05, 3.63) is 29.3 Å². The Kier molecular flexibility index (Phi) is 15.4. The fraction of sp³-hybridized carbons (Fsp3) is 0.593. The molecule has 1 aromatic rings. The molecule has 13 heteroatoms. The largest absolute Gasteiger partial charge is 0.483 e. The van der Waals surface area contributed by atoms with Crippen molar-refractivity contribution < 1.29 is 47.7 Å². The van der Waals surface area contributed by atoms with E-state index in [-0.39, 0.29) is 48.8 Å². The van der Waals surface area contributed by atoms with Crippen LogP contribution in [-0.4, -0.2) is 114 Å². The van der Waals surface area contributed by atoms with Crippen LogP contribution >= 0.6 is 0 Å². The zero-order chi connectivity index (χ0) is 29.2. The van der Waals surface area contributed by atoms with Crippen molar-refractivity contribution in [1.29, 1.82) is 0 Å². The summed E-state index contributed by atoms with van der Waals surface area (Å²) in [5.41, 5.74) is 0.0449. The van der Waals surface area contributed by atoms with Gasteiger partial charge in [0.1, 0.15) is 12.0 Å². The molecule has 0 saturated carbocycles. The molecule has 0 aromatic heterocycles. The van der Waals surface area contributed by atoms with E-state index in [0.29, 0.717) is 45.9 Å².